The molecule has 0 saturated heterocycles. The minimum Gasteiger partial charge on any atom is -0.443 e. The maximum Gasteiger partial charge on any atom is 0.420 e. The van der Waals surface area contributed by atoms with E-state index in [1.165, 1.54) is 29.1 Å². The molecule has 1 heterocycles. The summed E-state index contributed by atoms with van der Waals surface area (Å²) in [5.41, 5.74) is 1.02. The van der Waals surface area contributed by atoms with Crippen LogP contribution in [0.25, 0.3) is 0 Å². The molecule has 0 spiro atoms. The van der Waals surface area contributed by atoms with Crippen molar-refractivity contribution in [2.75, 3.05) is 0 Å². The number of aromatic nitrogens is 2. The molecule has 1 saturated carbocycles. The number of nitrogens with zero attached hydrogens (tertiary/aromatic N) is 2. The highest BCUT2D eigenvalue weighted by molar-refractivity contribution is 5.92. The van der Waals surface area contributed by atoms with Gasteiger partial charge in [0.15, 0.2) is 0 Å². The summed E-state index contributed by atoms with van der Waals surface area (Å²) in [6, 6.07) is 7.83. The molecule has 54 heavy (non-hydrogen) atoms. The molecule has 2 amide bonds. The zero-order chi connectivity index (χ0) is 40.2. The zero-order valence-electron chi connectivity index (χ0n) is 34.6. The monoisotopic (exact) mass is 749 g/mol. The first kappa shape index (κ1) is 44.6. The Hall–Kier alpha value is -3.79. The average Bonchev–Trinajstić information content (AvgIpc) is 3.55. The number of rotatable bonds is 17. The molecule has 0 unspecified atom stereocenters. The molecule has 1 aliphatic carbocycles. The third kappa shape index (κ3) is 14.8. The van der Waals surface area contributed by atoms with Gasteiger partial charge in [-0.15, -0.1) is 0 Å². The smallest absolute Gasteiger partial charge is 0.420 e. The van der Waals surface area contributed by atoms with E-state index in [4.69, 9.17) is 4.74 Å². The number of aliphatic hydroxyl groups is 1. The summed E-state index contributed by atoms with van der Waals surface area (Å²) < 4.78 is 6.86. The standard InChI is InChI=1S/C44H68N4O6/c1-29(2)21-33(30(3)4)24-38(49)36(23-32-19-15-12-16-20-32)46-41(52)37(26-35-27-45-28-48(35)42(53)54-44(8,9)10)47-40(51)34(25-39(50)43(5,6)7)22-31-17-13-11-14-18-31/h11,13-14,17-18,21,27-28,30,32-34,36-38,49H,12,15-16,19-20,22-26H2,1-10H3,(H,46,52)(H,47,51)/t33-,34+,36-,37-,38-/m0/s1. The summed E-state index contributed by atoms with van der Waals surface area (Å²) in [4.78, 5) is 59.6. The molecule has 1 fully saturated rings. The first-order valence-electron chi connectivity index (χ1n) is 20.0. The van der Waals surface area contributed by atoms with Crippen LogP contribution in [0.4, 0.5) is 4.79 Å². The lowest BCUT2D eigenvalue weighted by Gasteiger charge is -2.33. The van der Waals surface area contributed by atoms with Crippen molar-refractivity contribution in [3.05, 3.63) is 65.8 Å². The topological polar surface area (TPSA) is 140 Å². The highest BCUT2D eigenvalue weighted by Gasteiger charge is 2.35. The molecular weight excluding hydrogens is 681 g/mol. The molecule has 300 valence electrons. The molecular formula is C44H68N4O6. The van der Waals surface area contributed by atoms with Crippen molar-refractivity contribution in [2.24, 2.45) is 29.1 Å². The van der Waals surface area contributed by atoms with E-state index in [1.807, 2.05) is 51.1 Å². The van der Waals surface area contributed by atoms with Crippen molar-refractivity contribution in [1.82, 2.24) is 20.2 Å². The Labute approximate surface area is 324 Å². The van der Waals surface area contributed by atoms with Gasteiger partial charge in [-0.3, -0.25) is 14.4 Å². The zero-order valence-corrected chi connectivity index (χ0v) is 34.6. The van der Waals surface area contributed by atoms with Gasteiger partial charge in [-0.05, 0) is 77.2 Å². The summed E-state index contributed by atoms with van der Waals surface area (Å²) in [5, 5.41) is 18.0. The Morgan fingerprint density at radius 2 is 1.59 bits per heavy atom. The number of amides is 2. The number of aliphatic hydroxyl groups excluding tert-OH is 1. The molecule has 1 aromatic heterocycles. The Morgan fingerprint density at radius 3 is 2.17 bits per heavy atom. The highest BCUT2D eigenvalue weighted by atomic mass is 16.6. The van der Waals surface area contributed by atoms with Gasteiger partial charge in [0.2, 0.25) is 11.8 Å². The average molecular weight is 749 g/mol. The van der Waals surface area contributed by atoms with Gasteiger partial charge in [0.05, 0.1) is 17.8 Å². The van der Waals surface area contributed by atoms with E-state index in [1.54, 1.807) is 20.8 Å². The third-order valence-electron chi connectivity index (χ3n) is 10.3. The van der Waals surface area contributed by atoms with Crippen molar-refractivity contribution in [3.63, 3.8) is 0 Å². The fraction of sp³-hybridized carbons (Fsp3) is 0.659. The lowest BCUT2D eigenvalue weighted by Crippen LogP contribution is -2.55. The fourth-order valence-electron chi connectivity index (χ4n) is 7.12. The second-order valence-electron chi connectivity index (χ2n) is 18.1. The van der Waals surface area contributed by atoms with Gasteiger partial charge in [0.1, 0.15) is 23.8 Å². The molecule has 10 nitrogen and oxygen atoms in total. The summed E-state index contributed by atoms with van der Waals surface area (Å²) in [6.07, 6.45) is 10.4. The molecule has 0 aliphatic heterocycles. The second-order valence-corrected chi connectivity index (χ2v) is 18.1. The van der Waals surface area contributed by atoms with Crippen molar-refractivity contribution in [2.45, 2.75) is 157 Å². The van der Waals surface area contributed by atoms with Crippen LogP contribution in [0, 0.1) is 29.1 Å². The Morgan fingerprint density at radius 1 is 0.944 bits per heavy atom. The van der Waals surface area contributed by atoms with Gasteiger partial charge >= 0.3 is 6.09 Å². The molecule has 0 bridgehead atoms. The minimum atomic E-state index is -1.14. The molecule has 10 heteroatoms. The molecule has 5 atom stereocenters. The van der Waals surface area contributed by atoms with E-state index in [0.717, 1.165) is 31.2 Å². The van der Waals surface area contributed by atoms with Crippen LogP contribution in [-0.2, 0) is 32.0 Å². The van der Waals surface area contributed by atoms with Gasteiger partial charge in [-0.1, -0.05) is 109 Å². The number of carbonyl (C=O) groups is 4. The van der Waals surface area contributed by atoms with Crippen LogP contribution < -0.4 is 10.6 Å². The van der Waals surface area contributed by atoms with Crippen LogP contribution >= 0.6 is 0 Å². The number of imidazole rings is 1. The fourth-order valence-corrected chi connectivity index (χ4v) is 7.12. The van der Waals surface area contributed by atoms with Crippen LogP contribution in [-0.4, -0.2) is 62.1 Å². The first-order valence-corrected chi connectivity index (χ1v) is 20.0. The minimum absolute atomic E-state index is 0.00161. The molecule has 3 N–H and O–H groups in total. The highest BCUT2D eigenvalue weighted by Crippen LogP contribution is 2.30. The third-order valence-corrected chi connectivity index (χ3v) is 10.3. The van der Waals surface area contributed by atoms with Crippen molar-refractivity contribution in [1.29, 1.82) is 0 Å². The van der Waals surface area contributed by atoms with Gasteiger partial charge in [-0.25, -0.2) is 14.3 Å². The van der Waals surface area contributed by atoms with Crippen LogP contribution in [0.2, 0.25) is 0 Å². The number of nitrogens with one attached hydrogen (secondary N) is 2. The normalized spacial score (nSPS) is 16.8. The van der Waals surface area contributed by atoms with Crippen LogP contribution in [0.3, 0.4) is 0 Å². The number of hydrogen-bond donors (Lipinski definition) is 3. The quantitative estimate of drug-likeness (QED) is 0.139. The predicted molar refractivity (Wildman–Crippen MR) is 214 cm³/mol. The molecule has 0 radical (unpaired) electrons. The van der Waals surface area contributed by atoms with Crippen molar-refractivity contribution in [3.8, 4) is 0 Å². The maximum atomic E-state index is 14.6. The number of ether oxygens (including phenoxy) is 1. The van der Waals surface area contributed by atoms with Crippen LogP contribution in [0.5, 0.6) is 0 Å². The summed E-state index contributed by atoms with van der Waals surface area (Å²) in [5.74, 6) is -0.942. The second kappa shape index (κ2) is 20.2. The van der Waals surface area contributed by atoms with Gasteiger partial charge in [-0.2, -0.15) is 0 Å². The molecule has 3 rings (SSSR count). The Bertz CT molecular complexity index is 1540. The largest absolute Gasteiger partial charge is 0.443 e. The first-order chi connectivity index (χ1) is 25.2. The number of Topliss-reactive ketones (excluding diaryl/α,β-unsaturated/α-hetero) is 1. The lowest BCUT2D eigenvalue weighted by molar-refractivity contribution is -0.135. The molecule has 1 aliphatic rings. The predicted octanol–water partition coefficient (Wildman–Crippen LogP) is 8.00. The maximum absolute atomic E-state index is 14.6. The van der Waals surface area contributed by atoms with Gasteiger partial charge in [0, 0.05) is 30.4 Å². The van der Waals surface area contributed by atoms with Crippen molar-refractivity contribution >= 4 is 23.7 Å². The SMILES string of the molecule is CC(C)=C[C@@H](C[C@H](O)[C@H](CC1CCCCC1)NC(=O)[C@H](Cc1cncn1C(=O)OC(C)(C)C)NC(=O)[C@@H](CC(=O)C(C)(C)C)Cc1ccccc1)C(C)C. The van der Waals surface area contributed by atoms with Crippen LogP contribution in [0.1, 0.15) is 132 Å². The van der Waals surface area contributed by atoms with E-state index in [2.05, 4.69) is 49.4 Å². The summed E-state index contributed by atoms with van der Waals surface area (Å²) in [7, 11) is 0. The molecule has 1 aromatic carbocycles. The lowest BCUT2D eigenvalue weighted by atomic mass is 9.81. The van der Waals surface area contributed by atoms with E-state index in [0.29, 0.717) is 30.9 Å². The summed E-state index contributed by atoms with van der Waals surface area (Å²) in [6.45, 7) is 19.2. The number of benzene rings is 1. The van der Waals surface area contributed by atoms with E-state index < -0.39 is 53.0 Å². The van der Waals surface area contributed by atoms with Gasteiger partial charge in [0.25, 0.3) is 0 Å². The Balaban J connectivity index is 2.00. The number of hydrogen-bond acceptors (Lipinski definition) is 7. The number of carbonyl (C=O) groups excluding carboxylic acids is 4. The van der Waals surface area contributed by atoms with E-state index >= 15 is 0 Å². The van der Waals surface area contributed by atoms with Gasteiger partial charge < -0.3 is 20.5 Å². The van der Waals surface area contributed by atoms with E-state index in [-0.39, 0.29) is 30.5 Å². The number of ketones is 1. The Kier molecular flexibility index (Phi) is 16.7. The van der Waals surface area contributed by atoms with E-state index in [9.17, 15) is 24.3 Å². The summed E-state index contributed by atoms with van der Waals surface area (Å²) >= 11 is 0. The van der Waals surface area contributed by atoms with Crippen LogP contribution in [0.15, 0.2) is 54.5 Å². The van der Waals surface area contributed by atoms with Crippen molar-refractivity contribution < 1.29 is 29.0 Å². The molecule has 2 aromatic rings. The number of allylic oxidation sites excluding steroid dienone is 2.